The highest BCUT2D eigenvalue weighted by Crippen LogP contribution is 2.22. The van der Waals surface area contributed by atoms with Crippen LogP contribution in [0.25, 0.3) is 11.3 Å². The zero-order valence-corrected chi connectivity index (χ0v) is 15.7. The Hall–Kier alpha value is -3.60. The van der Waals surface area contributed by atoms with Gasteiger partial charge in [0.1, 0.15) is 11.6 Å². The third-order valence-corrected chi connectivity index (χ3v) is 4.52. The number of benzene rings is 2. The minimum absolute atomic E-state index is 0.530. The Kier molecular flexibility index (Phi) is 5.33. The van der Waals surface area contributed by atoms with Crippen molar-refractivity contribution in [1.29, 1.82) is 0 Å². The van der Waals surface area contributed by atoms with Crippen LogP contribution in [0.4, 0.5) is 11.8 Å². The molecule has 0 atom stereocenters. The van der Waals surface area contributed by atoms with Gasteiger partial charge in [0.2, 0.25) is 5.95 Å². The van der Waals surface area contributed by atoms with Crippen molar-refractivity contribution in [2.75, 3.05) is 10.6 Å². The number of anilines is 2. The molecule has 0 amide bonds. The quantitative estimate of drug-likeness (QED) is 0.464. The second-order valence-electron chi connectivity index (χ2n) is 6.54. The molecular formula is C23H22N4O. The second-order valence-corrected chi connectivity index (χ2v) is 6.54. The maximum absolute atomic E-state index is 5.39. The lowest BCUT2D eigenvalue weighted by Gasteiger charge is -2.12. The smallest absolute Gasteiger partial charge is 0.225 e. The fourth-order valence-corrected chi connectivity index (χ4v) is 2.95. The summed E-state index contributed by atoms with van der Waals surface area (Å²) in [4.78, 5) is 9.30. The topological polar surface area (TPSA) is 63.0 Å². The number of aryl methyl sites for hydroxylation is 1. The molecule has 0 unspecified atom stereocenters. The molecule has 0 aliphatic heterocycles. The van der Waals surface area contributed by atoms with E-state index in [1.165, 1.54) is 11.1 Å². The van der Waals surface area contributed by atoms with Gasteiger partial charge in [0.15, 0.2) is 0 Å². The highest BCUT2D eigenvalue weighted by Gasteiger charge is 2.08. The van der Waals surface area contributed by atoms with Crippen LogP contribution in [0, 0.1) is 6.92 Å². The van der Waals surface area contributed by atoms with E-state index in [0.717, 1.165) is 22.8 Å². The zero-order chi connectivity index (χ0) is 19.2. The molecule has 0 saturated carbocycles. The summed E-state index contributed by atoms with van der Waals surface area (Å²) in [7, 11) is 0. The van der Waals surface area contributed by atoms with Crippen LogP contribution in [0.2, 0.25) is 0 Å². The molecule has 0 radical (unpaired) electrons. The summed E-state index contributed by atoms with van der Waals surface area (Å²) in [6.07, 6.45) is 1.66. The first-order valence-electron chi connectivity index (χ1n) is 9.27. The van der Waals surface area contributed by atoms with Gasteiger partial charge in [0, 0.05) is 18.2 Å². The summed E-state index contributed by atoms with van der Waals surface area (Å²) in [5.41, 5.74) is 4.41. The molecule has 2 aromatic carbocycles. The Morgan fingerprint density at radius 1 is 0.821 bits per heavy atom. The second kappa shape index (κ2) is 8.39. The van der Waals surface area contributed by atoms with E-state index in [2.05, 4.69) is 45.7 Å². The number of rotatable bonds is 7. The van der Waals surface area contributed by atoms with Crippen molar-refractivity contribution in [2.24, 2.45) is 0 Å². The maximum atomic E-state index is 5.39. The van der Waals surface area contributed by atoms with Gasteiger partial charge in [0.05, 0.1) is 18.5 Å². The Morgan fingerprint density at radius 2 is 1.64 bits per heavy atom. The fourth-order valence-electron chi connectivity index (χ4n) is 2.95. The molecule has 2 heterocycles. The van der Waals surface area contributed by atoms with E-state index in [4.69, 9.17) is 4.42 Å². The van der Waals surface area contributed by atoms with Gasteiger partial charge in [-0.05, 0) is 30.2 Å². The predicted molar refractivity (Wildman–Crippen MR) is 112 cm³/mol. The lowest BCUT2D eigenvalue weighted by molar-refractivity contribution is 0.517. The molecule has 5 heteroatoms. The third-order valence-electron chi connectivity index (χ3n) is 4.52. The van der Waals surface area contributed by atoms with Gasteiger partial charge in [-0.3, -0.25) is 0 Å². The van der Waals surface area contributed by atoms with Gasteiger partial charge in [-0.2, -0.15) is 4.98 Å². The van der Waals surface area contributed by atoms with E-state index in [1.54, 1.807) is 6.26 Å². The molecule has 4 aromatic rings. The van der Waals surface area contributed by atoms with E-state index in [0.29, 0.717) is 19.0 Å². The van der Waals surface area contributed by atoms with Gasteiger partial charge in [-0.25, -0.2) is 4.98 Å². The first kappa shape index (κ1) is 17.8. The molecule has 2 aromatic heterocycles. The summed E-state index contributed by atoms with van der Waals surface area (Å²) >= 11 is 0. The van der Waals surface area contributed by atoms with Gasteiger partial charge < -0.3 is 15.1 Å². The first-order chi connectivity index (χ1) is 13.8. The molecule has 140 valence electrons. The average Bonchev–Trinajstić information content (AvgIpc) is 3.26. The van der Waals surface area contributed by atoms with E-state index in [1.807, 2.05) is 54.6 Å². The van der Waals surface area contributed by atoms with Crippen molar-refractivity contribution >= 4 is 11.8 Å². The molecule has 0 aliphatic rings. The standard InChI is InChI=1S/C23H22N4O/c1-17-8-5-6-11-19(17)15-24-22-14-21(18-9-3-2-4-10-18)26-23(27-22)25-16-20-12-7-13-28-20/h2-14H,15-16H2,1H3,(H2,24,25,26,27). The zero-order valence-electron chi connectivity index (χ0n) is 15.7. The number of furan rings is 1. The molecule has 2 N–H and O–H groups in total. The van der Waals surface area contributed by atoms with Gasteiger partial charge in [0.25, 0.3) is 0 Å². The molecular weight excluding hydrogens is 348 g/mol. The molecule has 28 heavy (non-hydrogen) atoms. The van der Waals surface area contributed by atoms with Crippen molar-refractivity contribution in [3.8, 4) is 11.3 Å². The van der Waals surface area contributed by atoms with Gasteiger partial charge >= 0.3 is 0 Å². The van der Waals surface area contributed by atoms with Crippen LogP contribution in [0.1, 0.15) is 16.9 Å². The minimum atomic E-state index is 0.530. The Balaban J connectivity index is 1.58. The molecule has 0 spiro atoms. The van der Waals surface area contributed by atoms with Crippen molar-refractivity contribution < 1.29 is 4.42 Å². The van der Waals surface area contributed by atoms with Crippen molar-refractivity contribution in [3.05, 3.63) is 95.9 Å². The minimum Gasteiger partial charge on any atom is -0.467 e. The van der Waals surface area contributed by atoms with E-state index in [-0.39, 0.29) is 0 Å². The highest BCUT2D eigenvalue weighted by molar-refractivity contribution is 5.64. The monoisotopic (exact) mass is 370 g/mol. The number of nitrogens with one attached hydrogen (secondary N) is 2. The summed E-state index contributed by atoms with van der Waals surface area (Å²) in [5, 5.41) is 6.68. The largest absolute Gasteiger partial charge is 0.467 e. The normalized spacial score (nSPS) is 10.6. The molecule has 0 saturated heterocycles. The summed E-state index contributed by atoms with van der Waals surface area (Å²) in [6.45, 7) is 3.35. The maximum Gasteiger partial charge on any atom is 0.225 e. The highest BCUT2D eigenvalue weighted by atomic mass is 16.3. The van der Waals surface area contributed by atoms with E-state index in [9.17, 15) is 0 Å². The Bertz CT molecular complexity index is 1030. The number of nitrogens with zero attached hydrogens (tertiary/aromatic N) is 2. The van der Waals surface area contributed by atoms with Crippen molar-refractivity contribution in [2.45, 2.75) is 20.0 Å². The van der Waals surface area contributed by atoms with Crippen LogP contribution in [0.3, 0.4) is 0 Å². The predicted octanol–water partition coefficient (Wildman–Crippen LogP) is 5.27. The first-order valence-corrected chi connectivity index (χ1v) is 9.27. The van der Waals surface area contributed by atoms with Crippen LogP contribution in [-0.2, 0) is 13.1 Å². The van der Waals surface area contributed by atoms with E-state index < -0.39 is 0 Å². The average molecular weight is 370 g/mol. The van der Waals surface area contributed by atoms with Crippen LogP contribution < -0.4 is 10.6 Å². The molecule has 5 nitrogen and oxygen atoms in total. The summed E-state index contributed by atoms with van der Waals surface area (Å²) in [6, 6.07) is 24.2. The van der Waals surface area contributed by atoms with Crippen LogP contribution >= 0.6 is 0 Å². The number of hydrogen-bond acceptors (Lipinski definition) is 5. The number of hydrogen-bond donors (Lipinski definition) is 2. The SMILES string of the molecule is Cc1ccccc1CNc1cc(-c2ccccc2)nc(NCc2ccco2)n1. The van der Waals surface area contributed by atoms with E-state index >= 15 is 0 Å². The fraction of sp³-hybridized carbons (Fsp3) is 0.130. The summed E-state index contributed by atoms with van der Waals surface area (Å²) < 4.78 is 5.39. The molecule has 4 rings (SSSR count). The van der Waals surface area contributed by atoms with Crippen molar-refractivity contribution in [1.82, 2.24) is 9.97 Å². The van der Waals surface area contributed by atoms with Gasteiger partial charge in [-0.1, -0.05) is 54.6 Å². The Morgan fingerprint density at radius 3 is 2.43 bits per heavy atom. The Labute approximate surface area is 164 Å². The van der Waals surface area contributed by atoms with Crippen LogP contribution in [0.5, 0.6) is 0 Å². The number of aromatic nitrogens is 2. The molecule has 0 fully saturated rings. The lowest BCUT2D eigenvalue weighted by atomic mass is 10.1. The van der Waals surface area contributed by atoms with Crippen LogP contribution in [0.15, 0.2) is 83.5 Å². The summed E-state index contributed by atoms with van der Waals surface area (Å²) in [5.74, 6) is 2.17. The van der Waals surface area contributed by atoms with Crippen molar-refractivity contribution in [3.63, 3.8) is 0 Å². The van der Waals surface area contributed by atoms with Crippen LogP contribution in [-0.4, -0.2) is 9.97 Å². The molecule has 0 bridgehead atoms. The van der Waals surface area contributed by atoms with Gasteiger partial charge in [-0.15, -0.1) is 0 Å². The third kappa shape index (κ3) is 4.38. The lowest BCUT2D eigenvalue weighted by Crippen LogP contribution is -2.08. The molecule has 0 aliphatic carbocycles.